The van der Waals surface area contributed by atoms with Crippen molar-refractivity contribution in [2.75, 3.05) is 6.61 Å². The number of esters is 1. The lowest BCUT2D eigenvalue weighted by Crippen LogP contribution is -1.95. The zero-order valence-electron chi connectivity index (χ0n) is 6.02. The van der Waals surface area contributed by atoms with Crippen molar-refractivity contribution in [2.24, 2.45) is 0 Å². The molecule has 0 saturated carbocycles. The molecule has 2 heteroatoms. The molecule has 10 heavy (non-hydrogen) atoms. The molecule has 0 aromatic heterocycles. The minimum absolute atomic E-state index is 0. The average Bonchev–Trinajstić information content (AvgIpc) is 1.72. The second-order valence-electron chi connectivity index (χ2n) is 0.925. The lowest BCUT2D eigenvalue weighted by molar-refractivity contribution is -0.140. The van der Waals surface area contributed by atoms with Crippen LogP contribution in [-0.4, -0.2) is 12.6 Å². The summed E-state index contributed by atoms with van der Waals surface area (Å²) in [7, 11) is 0. The van der Waals surface area contributed by atoms with E-state index in [1.807, 2.05) is 13.8 Å². The van der Waals surface area contributed by atoms with E-state index in [0.717, 1.165) is 0 Å². The number of carbonyl (C=O) groups excluding carboxylic acids is 1. The fraction of sp³-hybridized carbons (Fsp3) is 0.875. The molecule has 0 saturated heterocycles. The summed E-state index contributed by atoms with van der Waals surface area (Å²) >= 11 is 0. The average molecular weight is 150 g/mol. The van der Waals surface area contributed by atoms with Crippen LogP contribution in [0.1, 0.15) is 42.5 Å². The topological polar surface area (TPSA) is 26.3 Å². The molecule has 0 aliphatic carbocycles. The number of carbonyl (C=O) groups is 1. The Labute approximate surface area is 65.6 Å². The van der Waals surface area contributed by atoms with Gasteiger partial charge in [-0.15, -0.1) is 0 Å². The maximum Gasteiger partial charge on any atom is 0.302 e. The maximum absolute atomic E-state index is 9.82. The highest BCUT2D eigenvalue weighted by atomic mass is 16.5. The summed E-state index contributed by atoms with van der Waals surface area (Å²) in [5.74, 6) is -0.211. The van der Waals surface area contributed by atoms with Gasteiger partial charge >= 0.3 is 5.97 Å². The first-order valence-corrected chi connectivity index (χ1v) is 2.90. The molecule has 0 unspecified atom stereocenters. The minimum Gasteiger partial charge on any atom is -0.466 e. The number of rotatable bonds is 1. The molecule has 0 fully saturated rings. The van der Waals surface area contributed by atoms with Gasteiger partial charge in [-0.3, -0.25) is 4.79 Å². The van der Waals surface area contributed by atoms with E-state index in [1.165, 1.54) is 6.92 Å². The van der Waals surface area contributed by atoms with E-state index in [9.17, 15) is 4.79 Å². The molecule has 0 aromatic rings. The van der Waals surface area contributed by atoms with Crippen molar-refractivity contribution in [3.63, 3.8) is 0 Å². The molecule has 0 amide bonds. The number of hydrogen-bond donors (Lipinski definition) is 0. The van der Waals surface area contributed by atoms with Gasteiger partial charge in [-0.1, -0.05) is 28.7 Å². The molecule has 0 atom stereocenters. The first-order valence-electron chi connectivity index (χ1n) is 2.90. The Morgan fingerprint density at radius 2 is 1.60 bits per heavy atom. The van der Waals surface area contributed by atoms with Crippen molar-refractivity contribution in [1.29, 1.82) is 0 Å². The third-order valence-electron chi connectivity index (χ3n) is 0.348. The van der Waals surface area contributed by atoms with Crippen LogP contribution >= 0.6 is 0 Å². The minimum atomic E-state index is -0.211. The molecule has 0 aromatic carbocycles. The Morgan fingerprint density at radius 3 is 1.60 bits per heavy atom. The van der Waals surface area contributed by atoms with E-state index in [4.69, 9.17) is 0 Å². The van der Waals surface area contributed by atoms with Crippen LogP contribution in [0.25, 0.3) is 0 Å². The zero-order valence-corrected chi connectivity index (χ0v) is 6.02. The summed E-state index contributed by atoms with van der Waals surface area (Å²) in [5, 5.41) is 0. The van der Waals surface area contributed by atoms with Gasteiger partial charge in [-0.25, -0.2) is 0 Å². The Bertz CT molecular complexity index is 51.2. The molecule has 66 valence electrons. The Morgan fingerprint density at radius 1 is 1.30 bits per heavy atom. The summed E-state index contributed by atoms with van der Waals surface area (Å²) in [5.41, 5.74) is 0. The van der Waals surface area contributed by atoms with Crippen LogP contribution < -0.4 is 0 Å². The molecule has 2 nitrogen and oxygen atoms in total. The zero-order chi connectivity index (χ0) is 6.99. The molecule has 0 rings (SSSR count). The molecule has 0 N–H and O–H groups in total. The Kier molecular flexibility index (Phi) is 53.7. The van der Waals surface area contributed by atoms with E-state index < -0.39 is 0 Å². The second kappa shape index (κ2) is 23.7. The van der Waals surface area contributed by atoms with Gasteiger partial charge in [0.25, 0.3) is 0 Å². The third kappa shape index (κ3) is 51.3. The van der Waals surface area contributed by atoms with Gasteiger partial charge in [0, 0.05) is 6.92 Å². The van der Waals surface area contributed by atoms with E-state index in [2.05, 4.69) is 4.74 Å². The van der Waals surface area contributed by atoms with Gasteiger partial charge in [0.15, 0.2) is 0 Å². The molecule has 0 aliphatic rings. The molecule has 0 spiro atoms. The Balaban J connectivity index is -0.0000000412. The SMILES string of the molecule is C.C.CC.CCOC(C)=O. The standard InChI is InChI=1S/C4H8O2.C2H6.2CH4/c1-3-6-4(2)5;1-2;;/h3H2,1-2H3;1-2H3;2*1H4. The quantitative estimate of drug-likeness (QED) is 0.537. The first-order chi connectivity index (χ1) is 3.77. The fourth-order valence-electron chi connectivity index (χ4n) is 0.203. The smallest absolute Gasteiger partial charge is 0.302 e. The highest BCUT2D eigenvalue weighted by Crippen LogP contribution is 1.69. The number of hydrogen-bond acceptors (Lipinski definition) is 2. The highest BCUT2D eigenvalue weighted by Gasteiger charge is 1.81. The van der Waals surface area contributed by atoms with E-state index in [1.54, 1.807) is 6.92 Å². The van der Waals surface area contributed by atoms with Gasteiger partial charge < -0.3 is 4.74 Å². The molecular formula is C8H22O2. The van der Waals surface area contributed by atoms with E-state index in [-0.39, 0.29) is 20.8 Å². The predicted octanol–water partition coefficient (Wildman–Crippen LogP) is 2.87. The summed E-state index contributed by atoms with van der Waals surface area (Å²) in [6.07, 6.45) is 0. The van der Waals surface area contributed by atoms with Gasteiger partial charge in [0.1, 0.15) is 0 Å². The van der Waals surface area contributed by atoms with Gasteiger partial charge in [-0.2, -0.15) is 0 Å². The van der Waals surface area contributed by atoms with Crippen LogP contribution in [0, 0.1) is 0 Å². The van der Waals surface area contributed by atoms with E-state index >= 15 is 0 Å². The molecule has 0 bridgehead atoms. The fourth-order valence-corrected chi connectivity index (χ4v) is 0.203. The highest BCUT2D eigenvalue weighted by molar-refractivity contribution is 5.65. The van der Waals surface area contributed by atoms with Crippen LogP contribution in [0.5, 0.6) is 0 Å². The van der Waals surface area contributed by atoms with Crippen LogP contribution in [0.3, 0.4) is 0 Å². The van der Waals surface area contributed by atoms with Gasteiger partial charge in [0.2, 0.25) is 0 Å². The van der Waals surface area contributed by atoms with Crippen molar-refractivity contribution in [2.45, 2.75) is 42.5 Å². The van der Waals surface area contributed by atoms with Crippen molar-refractivity contribution >= 4 is 5.97 Å². The van der Waals surface area contributed by atoms with Crippen LogP contribution in [0.4, 0.5) is 0 Å². The monoisotopic (exact) mass is 150 g/mol. The van der Waals surface area contributed by atoms with Crippen molar-refractivity contribution < 1.29 is 9.53 Å². The molecule has 0 aliphatic heterocycles. The number of ether oxygens (including phenoxy) is 1. The van der Waals surface area contributed by atoms with E-state index in [0.29, 0.717) is 6.61 Å². The van der Waals surface area contributed by atoms with Gasteiger partial charge in [0.05, 0.1) is 6.61 Å². The Hall–Kier alpha value is -0.530. The van der Waals surface area contributed by atoms with Crippen LogP contribution in [-0.2, 0) is 9.53 Å². The molecule has 0 radical (unpaired) electrons. The summed E-state index contributed by atoms with van der Waals surface area (Å²) in [4.78, 5) is 9.82. The lowest BCUT2D eigenvalue weighted by Gasteiger charge is -1.89. The van der Waals surface area contributed by atoms with Gasteiger partial charge in [-0.05, 0) is 6.92 Å². The second-order valence-corrected chi connectivity index (χ2v) is 0.925. The first kappa shape index (κ1) is 22.7. The van der Waals surface area contributed by atoms with Crippen molar-refractivity contribution in [1.82, 2.24) is 0 Å². The largest absolute Gasteiger partial charge is 0.466 e. The normalized spacial score (nSPS) is 5.20. The molecular weight excluding hydrogens is 128 g/mol. The summed E-state index contributed by atoms with van der Waals surface area (Å²) < 4.78 is 4.40. The molecule has 0 heterocycles. The third-order valence-corrected chi connectivity index (χ3v) is 0.348. The maximum atomic E-state index is 9.82. The lowest BCUT2D eigenvalue weighted by atomic mass is 10.8. The van der Waals surface area contributed by atoms with Crippen LogP contribution in [0.15, 0.2) is 0 Å². The van der Waals surface area contributed by atoms with Crippen molar-refractivity contribution in [3.8, 4) is 0 Å². The summed E-state index contributed by atoms with van der Waals surface area (Å²) in [6, 6.07) is 0. The van der Waals surface area contributed by atoms with Crippen molar-refractivity contribution in [3.05, 3.63) is 0 Å². The van der Waals surface area contributed by atoms with Crippen LogP contribution in [0.2, 0.25) is 0 Å². The predicted molar refractivity (Wildman–Crippen MR) is 47.1 cm³/mol. The summed E-state index contributed by atoms with van der Waals surface area (Å²) in [6.45, 7) is 7.65.